The van der Waals surface area contributed by atoms with Gasteiger partial charge in [0.15, 0.2) is 4.34 Å². The largest absolute Gasteiger partial charge is 0.299 e. The van der Waals surface area contributed by atoms with E-state index in [1.165, 1.54) is 23.5 Å². The number of carbonyl (C=O) groups excluding carboxylic acids is 1. The number of nitrogens with one attached hydrogen (secondary N) is 1. The molecular formula is C19H19IN4O3S3. The summed E-state index contributed by atoms with van der Waals surface area (Å²) in [6.07, 6.45) is 0. The van der Waals surface area contributed by atoms with Gasteiger partial charge in [0.25, 0.3) is 10.0 Å². The van der Waals surface area contributed by atoms with Gasteiger partial charge in [-0.05, 0) is 59.0 Å². The minimum atomic E-state index is -3.93. The molecule has 0 atom stereocenters. The molecule has 0 saturated carbocycles. The molecule has 158 valence electrons. The molecule has 0 fully saturated rings. The van der Waals surface area contributed by atoms with Crippen molar-refractivity contribution < 1.29 is 13.2 Å². The predicted molar refractivity (Wildman–Crippen MR) is 130 cm³/mol. The highest BCUT2D eigenvalue weighted by Gasteiger charge is 2.27. The normalized spacial score (nSPS) is 11.5. The zero-order valence-electron chi connectivity index (χ0n) is 16.1. The number of anilines is 2. The molecule has 3 rings (SSSR count). The van der Waals surface area contributed by atoms with Crippen molar-refractivity contribution in [1.29, 1.82) is 0 Å². The first-order valence-electron chi connectivity index (χ1n) is 8.89. The summed E-state index contributed by atoms with van der Waals surface area (Å²) in [5.74, 6) is -0.495. The van der Waals surface area contributed by atoms with Crippen LogP contribution in [0.1, 0.15) is 13.8 Å². The van der Waals surface area contributed by atoms with Gasteiger partial charge in [-0.15, -0.1) is 10.2 Å². The second-order valence-electron chi connectivity index (χ2n) is 6.39. The average molecular weight is 574 g/mol. The minimum absolute atomic E-state index is 0.114. The van der Waals surface area contributed by atoms with E-state index in [0.717, 1.165) is 12.2 Å². The molecule has 30 heavy (non-hydrogen) atoms. The molecule has 0 unspecified atom stereocenters. The minimum Gasteiger partial charge on any atom is -0.299 e. The lowest BCUT2D eigenvalue weighted by Gasteiger charge is -2.24. The van der Waals surface area contributed by atoms with Gasteiger partial charge in [-0.25, -0.2) is 8.42 Å². The number of halogens is 1. The van der Waals surface area contributed by atoms with Crippen LogP contribution < -0.4 is 9.62 Å². The van der Waals surface area contributed by atoms with Crippen molar-refractivity contribution in [2.75, 3.05) is 16.2 Å². The van der Waals surface area contributed by atoms with Crippen molar-refractivity contribution in [2.24, 2.45) is 0 Å². The van der Waals surface area contributed by atoms with Crippen molar-refractivity contribution in [1.82, 2.24) is 10.2 Å². The highest BCUT2D eigenvalue weighted by Crippen LogP contribution is 2.29. The van der Waals surface area contributed by atoms with Crippen LogP contribution in [0.4, 0.5) is 10.8 Å². The zero-order valence-corrected chi connectivity index (χ0v) is 20.8. The van der Waals surface area contributed by atoms with E-state index >= 15 is 0 Å². The number of nitrogens with zero attached hydrogens (tertiary/aromatic N) is 3. The van der Waals surface area contributed by atoms with Crippen LogP contribution in [0.5, 0.6) is 0 Å². The van der Waals surface area contributed by atoms with Crippen LogP contribution in [0.3, 0.4) is 0 Å². The first-order valence-corrected chi connectivity index (χ1v) is 13.1. The van der Waals surface area contributed by atoms with Gasteiger partial charge in [-0.3, -0.25) is 14.4 Å². The number of amides is 1. The fourth-order valence-corrected chi connectivity index (χ4v) is 6.23. The lowest BCUT2D eigenvalue weighted by Crippen LogP contribution is -2.38. The van der Waals surface area contributed by atoms with Crippen molar-refractivity contribution in [2.45, 2.75) is 28.3 Å². The summed E-state index contributed by atoms with van der Waals surface area (Å²) in [6.45, 7) is 3.69. The number of thioether (sulfide) groups is 1. The first kappa shape index (κ1) is 23.0. The molecule has 1 N–H and O–H groups in total. The summed E-state index contributed by atoms with van der Waals surface area (Å²) in [7, 11) is -3.93. The standard InChI is InChI=1S/C19H19IN4O3S3/c1-13(2)28-19-23-22-18(29-19)21-17(25)12-24(15-10-8-14(20)9-11-15)30(26,27)16-6-4-3-5-7-16/h3-11,13H,12H2,1-2H3,(H,21,22,25). The molecule has 3 aromatic rings. The van der Waals surface area contributed by atoms with Crippen molar-refractivity contribution in [3.05, 3.63) is 58.2 Å². The van der Waals surface area contributed by atoms with E-state index in [9.17, 15) is 13.2 Å². The first-order chi connectivity index (χ1) is 14.3. The average Bonchev–Trinajstić information content (AvgIpc) is 3.13. The van der Waals surface area contributed by atoms with Gasteiger partial charge in [0.1, 0.15) is 6.54 Å². The summed E-state index contributed by atoms with van der Waals surface area (Å²) in [5.41, 5.74) is 0.405. The molecular weight excluding hydrogens is 555 g/mol. The van der Waals surface area contributed by atoms with E-state index in [1.807, 2.05) is 13.8 Å². The van der Waals surface area contributed by atoms with Crippen LogP contribution in [0.25, 0.3) is 0 Å². The number of hydrogen-bond acceptors (Lipinski definition) is 7. The summed E-state index contributed by atoms with van der Waals surface area (Å²) in [4.78, 5) is 12.8. The smallest absolute Gasteiger partial charge is 0.264 e. The third-order valence-corrected chi connectivity index (χ3v) is 8.16. The third kappa shape index (κ3) is 5.93. The maximum Gasteiger partial charge on any atom is 0.264 e. The van der Waals surface area contributed by atoms with E-state index in [1.54, 1.807) is 54.2 Å². The maximum absolute atomic E-state index is 13.2. The van der Waals surface area contributed by atoms with E-state index < -0.39 is 15.9 Å². The fraction of sp³-hybridized carbons (Fsp3) is 0.211. The number of carbonyl (C=O) groups is 1. The van der Waals surface area contributed by atoms with Gasteiger partial charge in [0.2, 0.25) is 11.0 Å². The molecule has 0 aliphatic rings. The molecule has 2 aromatic carbocycles. The Morgan fingerprint density at radius 1 is 1.13 bits per heavy atom. The molecule has 0 saturated heterocycles. The molecule has 1 aromatic heterocycles. The van der Waals surface area contributed by atoms with E-state index in [4.69, 9.17) is 0 Å². The zero-order chi connectivity index (χ0) is 21.7. The third-order valence-electron chi connectivity index (χ3n) is 3.72. The summed E-state index contributed by atoms with van der Waals surface area (Å²) >= 11 is 4.94. The Bertz CT molecular complexity index is 1100. The molecule has 0 bridgehead atoms. The Morgan fingerprint density at radius 3 is 2.43 bits per heavy atom. The lowest BCUT2D eigenvalue weighted by atomic mass is 10.3. The Kier molecular flexibility index (Phi) is 7.71. The maximum atomic E-state index is 13.2. The van der Waals surface area contributed by atoms with Crippen LogP contribution in [0.2, 0.25) is 0 Å². The quantitative estimate of drug-likeness (QED) is 0.243. The Hall–Kier alpha value is -1.70. The monoisotopic (exact) mass is 574 g/mol. The number of hydrogen-bond donors (Lipinski definition) is 1. The Labute approximate surface area is 197 Å². The highest BCUT2D eigenvalue weighted by molar-refractivity contribution is 14.1. The van der Waals surface area contributed by atoms with Crippen LogP contribution in [0, 0.1) is 3.57 Å². The highest BCUT2D eigenvalue weighted by atomic mass is 127. The van der Waals surface area contributed by atoms with Gasteiger partial charge in [0, 0.05) is 8.82 Å². The van der Waals surface area contributed by atoms with E-state index in [-0.39, 0.29) is 11.4 Å². The molecule has 0 aliphatic carbocycles. The van der Waals surface area contributed by atoms with Gasteiger partial charge in [-0.1, -0.05) is 55.1 Å². The SMILES string of the molecule is CC(C)Sc1nnc(NC(=O)CN(c2ccc(I)cc2)S(=O)(=O)c2ccccc2)s1. The van der Waals surface area contributed by atoms with Gasteiger partial charge in [0.05, 0.1) is 10.6 Å². The van der Waals surface area contributed by atoms with E-state index in [0.29, 0.717) is 16.1 Å². The lowest BCUT2D eigenvalue weighted by molar-refractivity contribution is -0.114. The molecule has 7 nitrogen and oxygen atoms in total. The topological polar surface area (TPSA) is 92.3 Å². The molecule has 0 aliphatic heterocycles. The number of benzene rings is 2. The number of rotatable bonds is 8. The second kappa shape index (κ2) is 10.1. The van der Waals surface area contributed by atoms with Crippen molar-refractivity contribution in [3.8, 4) is 0 Å². The Morgan fingerprint density at radius 2 is 1.80 bits per heavy atom. The summed E-state index contributed by atoms with van der Waals surface area (Å²) in [5, 5.41) is 11.3. The molecule has 1 heterocycles. The molecule has 0 radical (unpaired) electrons. The van der Waals surface area contributed by atoms with Gasteiger partial charge >= 0.3 is 0 Å². The van der Waals surface area contributed by atoms with Crippen LogP contribution in [0.15, 0.2) is 63.8 Å². The van der Waals surface area contributed by atoms with Crippen LogP contribution >= 0.6 is 45.7 Å². The predicted octanol–water partition coefficient (Wildman–Crippen LogP) is 4.48. The van der Waals surface area contributed by atoms with Gasteiger partial charge in [-0.2, -0.15) is 0 Å². The second-order valence-corrected chi connectivity index (χ2v) is 12.3. The summed E-state index contributed by atoms with van der Waals surface area (Å²) in [6, 6.07) is 15.0. The van der Waals surface area contributed by atoms with Gasteiger partial charge < -0.3 is 0 Å². The molecule has 1 amide bonds. The van der Waals surface area contributed by atoms with Crippen LogP contribution in [-0.2, 0) is 14.8 Å². The Balaban J connectivity index is 1.84. The molecule has 0 spiro atoms. The number of sulfonamides is 1. The summed E-state index contributed by atoms with van der Waals surface area (Å²) < 4.78 is 29.3. The van der Waals surface area contributed by atoms with Crippen molar-refractivity contribution >= 4 is 72.4 Å². The molecule has 11 heteroatoms. The number of aromatic nitrogens is 2. The van der Waals surface area contributed by atoms with E-state index in [2.05, 4.69) is 38.1 Å². The van der Waals surface area contributed by atoms with Crippen molar-refractivity contribution in [3.63, 3.8) is 0 Å². The fourth-order valence-electron chi connectivity index (χ4n) is 2.44. The van der Waals surface area contributed by atoms with Crippen LogP contribution in [-0.4, -0.2) is 36.3 Å².